The van der Waals surface area contributed by atoms with Gasteiger partial charge in [0.25, 0.3) is 0 Å². The topological polar surface area (TPSA) is 58.2 Å². The first-order valence-corrected chi connectivity index (χ1v) is 8.29. The molecular formula is C18H26N2O2. The monoisotopic (exact) mass is 302 g/mol. The summed E-state index contributed by atoms with van der Waals surface area (Å²) in [5.74, 6) is 0.524. The SMILES string of the molecule is CNC(=O)NCC(=O)c1cccc(C2CCCCCCC2)c1. The molecule has 4 heteroatoms. The van der Waals surface area contributed by atoms with Crippen LogP contribution in [0.1, 0.15) is 66.8 Å². The van der Waals surface area contributed by atoms with E-state index >= 15 is 0 Å². The third-order valence-corrected chi connectivity index (χ3v) is 4.42. The van der Waals surface area contributed by atoms with Crippen molar-refractivity contribution in [3.63, 3.8) is 0 Å². The Balaban J connectivity index is 2.01. The summed E-state index contributed by atoms with van der Waals surface area (Å²) in [5, 5.41) is 4.99. The van der Waals surface area contributed by atoms with E-state index in [2.05, 4.69) is 16.7 Å². The quantitative estimate of drug-likeness (QED) is 0.834. The Morgan fingerprint density at radius 3 is 2.45 bits per heavy atom. The Hall–Kier alpha value is -1.84. The van der Waals surface area contributed by atoms with Crippen molar-refractivity contribution < 1.29 is 9.59 Å². The maximum absolute atomic E-state index is 12.2. The van der Waals surface area contributed by atoms with Crippen molar-refractivity contribution >= 4 is 11.8 Å². The van der Waals surface area contributed by atoms with Crippen molar-refractivity contribution in [2.75, 3.05) is 13.6 Å². The van der Waals surface area contributed by atoms with Crippen LogP contribution in [0.25, 0.3) is 0 Å². The average Bonchev–Trinajstić information content (AvgIpc) is 2.52. The molecule has 0 heterocycles. The molecule has 1 fully saturated rings. The van der Waals surface area contributed by atoms with Crippen LogP contribution in [0.3, 0.4) is 0 Å². The molecule has 1 aromatic rings. The second-order valence-electron chi connectivity index (χ2n) is 6.02. The van der Waals surface area contributed by atoms with Gasteiger partial charge in [0, 0.05) is 12.6 Å². The second kappa shape index (κ2) is 8.57. The van der Waals surface area contributed by atoms with Crippen LogP contribution >= 0.6 is 0 Å². The number of carbonyl (C=O) groups excluding carboxylic acids is 2. The molecule has 1 saturated carbocycles. The molecule has 120 valence electrons. The molecule has 0 radical (unpaired) electrons. The van der Waals surface area contributed by atoms with Crippen LogP contribution in [0.4, 0.5) is 4.79 Å². The highest BCUT2D eigenvalue weighted by Gasteiger charge is 2.15. The molecule has 0 spiro atoms. The Morgan fingerprint density at radius 2 is 1.77 bits per heavy atom. The maximum atomic E-state index is 12.2. The van der Waals surface area contributed by atoms with Crippen LogP contribution in [-0.4, -0.2) is 25.4 Å². The molecule has 22 heavy (non-hydrogen) atoms. The zero-order chi connectivity index (χ0) is 15.8. The van der Waals surface area contributed by atoms with Gasteiger partial charge in [-0.1, -0.05) is 50.3 Å². The van der Waals surface area contributed by atoms with E-state index < -0.39 is 0 Å². The Labute approximate surface area is 132 Å². The fraction of sp³-hybridized carbons (Fsp3) is 0.556. The van der Waals surface area contributed by atoms with Crippen LogP contribution in [0.5, 0.6) is 0 Å². The van der Waals surface area contributed by atoms with Crippen LogP contribution in [-0.2, 0) is 0 Å². The lowest BCUT2D eigenvalue weighted by Gasteiger charge is -2.20. The third kappa shape index (κ3) is 4.86. The molecule has 0 aliphatic heterocycles. The van der Waals surface area contributed by atoms with E-state index in [0.29, 0.717) is 11.5 Å². The predicted octanol–water partition coefficient (Wildman–Crippen LogP) is 3.63. The van der Waals surface area contributed by atoms with E-state index in [-0.39, 0.29) is 18.4 Å². The van der Waals surface area contributed by atoms with E-state index in [1.54, 1.807) is 0 Å². The predicted molar refractivity (Wildman–Crippen MR) is 88.3 cm³/mol. The van der Waals surface area contributed by atoms with Crippen LogP contribution < -0.4 is 10.6 Å². The van der Waals surface area contributed by atoms with E-state index in [1.807, 2.05) is 18.2 Å². The number of hydrogen-bond donors (Lipinski definition) is 2. The molecule has 0 atom stereocenters. The largest absolute Gasteiger partial charge is 0.341 e. The number of nitrogens with one attached hydrogen (secondary N) is 2. The smallest absolute Gasteiger partial charge is 0.314 e. The standard InChI is InChI=1S/C18H26N2O2/c1-19-18(22)20-13-17(21)16-11-7-10-15(12-16)14-8-5-3-2-4-6-9-14/h7,10-12,14H,2-6,8-9,13H2,1H3,(H2,19,20,22). The maximum Gasteiger partial charge on any atom is 0.314 e. The zero-order valence-corrected chi connectivity index (χ0v) is 13.4. The lowest BCUT2D eigenvalue weighted by molar-refractivity contribution is 0.0992. The molecule has 1 aliphatic rings. The lowest BCUT2D eigenvalue weighted by Crippen LogP contribution is -2.36. The average molecular weight is 302 g/mol. The minimum atomic E-state index is -0.329. The van der Waals surface area contributed by atoms with E-state index in [0.717, 1.165) is 0 Å². The first-order valence-electron chi connectivity index (χ1n) is 8.29. The van der Waals surface area contributed by atoms with E-state index in [1.165, 1.54) is 57.6 Å². The summed E-state index contributed by atoms with van der Waals surface area (Å²) in [7, 11) is 1.54. The van der Waals surface area contributed by atoms with Gasteiger partial charge in [0.2, 0.25) is 0 Å². The lowest BCUT2D eigenvalue weighted by atomic mass is 9.85. The number of urea groups is 1. The van der Waals surface area contributed by atoms with E-state index in [9.17, 15) is 9.59 Å². The summed E-state index contributed by atoms with van der Waals surface area (Å²) in [4.78, 5) is 23.3. The number of hydrogen-bond acceptors (Lipinski definition) is 2. The third-order valence-electron chi connectivity index (χ3n) is 4.42. The highest BCUT2D eigenvalue weighted by Crippen LogP contribution is 2.31. The second-order valence-corrected chi connectivity index (χ2v) is 6.02. The van der Waals surface area contributed by atoms with Gasteiger partial charge < -0.3 is 10.6 Å². The molecule has 0 bridgehead atoms. The first kappa shape index (κ1) is 16.5. The van der Waals surface area contributed by atoms with Crippen molar-refractivity contribution in [2.24, 2.45) is 0 Å². The number of amides is 2. The van der Waals surface area contributed by atoms with Gasteiger partial charge in [-0.2, -0.15) is 0 Å². The Morgan fingerprint density at radius 1 is 1.09 bits per heavy atom. The number of benzene rings is 1. The van der Waals surface area contributed by atoms with Crippen molar-refractivity contribution in [1.29, 1.82) is 0 Å². The minimum absolute atomic E-state index is 0.0355. The van der Waals surface area contributed by atoms with Crippen LogP contribution in [0, 0.1) is 0 Å². The Bertz CT molecular complexity index is 506. The molecule has 2 amide bonds. The molecular weight excluding hydrogens is 276 g/mol. The fourth-order valence-electron chi connectivity index (χ4n) is 3.11. The molecule has 2 N–H and O–H groups in total. The molecule has 1 aliphatic carbocycles. The molecule has 0 aromatic heterocycles. The Kier molecular flexibility index (Phi) is 6.44. The highest BCUT2D eigenvalue weighted by molar-refractivity contribution is 5.99. The number of carbonyl (C=O) groups is 2. The van der Waals surface area contributed by atoms with Gasteiger partial charge in [0.15, 0.2) is 5.78 Å². The summed E-state index contributed by atoms with van der Waals surface area (Å²) in [5.41, 5.74) is 1.96. The van der Waals surface area contributed by atoms with E-state index in [4.69, 9.17) is 0 Å². The number of Topliss-reactive ketones (excluding diaryl/α,β-unsaturated/α-hetero) is 1. The molecule has 0 unspecified atom stereocenters. The number of ketones is 1. The van der Waals surface area contributed by atoms with Gasteiger partial charge in [0.05, 0.1) is 6.54 Å². The molecule has 1 aromatic carbocycles. The van der Waals surface area contributed by atoms with Gasteiger partial charge >= 0.3 is 6.03 Å². The minimum Gasteiger partial charge on any atom is -0.341 e. The van der Waals surface area contributed by atoms with Crippen molar-refractivity contribution in [2.45, 2.75) is 50.9 Å². The summed E-state index contributed by atoms with van der Waals surface area (Å²) < 4.78 is 0. The molecule has 2 rings (SSSR count). The number of rotatable bonds is 4. The van der Waals surface area contributed by atoms with Crippen molar-refractivity contribution in [1.82, 2.24) is 10.6 Å². The summed E-state index contributed by atoms with van der Waals surface area (Å²) in [6, 6.07) is 7.61. The van der Waals surface area contributed by atoms with Gasteiger partial charge in [-0.3, -0.25) is 4.79 Å². The van der Waals surface area contributed by atoms with Gasteiger partial charge in [0.1, 0.15) is 0 Å². The van der Waals surface area contributed by atoms with Gasteiger partial charge in [-0.05, 0) is 30.4 Å². The van der Waals surface area contributed by atoms with Crippen molar-refractivity contribution in [3.05, 3.63) is 35.4 Å². The fourth-order valence-corrected chi connectivity index (χ4v) is 3.11. The summed E-state index contributed by atoms with van der Waals surface area (Å²) in [6.45, 7) is 0.0355. The van der Waals surface area contributed by atoms with Gasteiger partial charge in [-0.15, -0.1) is 0 Å². The molecule has 4 nitrogen and oxygen atoms in total. The normalized spacial score (nSPS) is 16.4. The summed E-state index contributed by atoms with van der Waals surface area (Å²) in [6.07, 6.45) is 9.00. The van der Waals surface area contributed by atoms with Crippen LogP contribution in [0.2, 0.25) is 0 Å². The van der Waals surface area contributed by atoms with Crippen molar-refractivity contribution in [3.8, 4) is 0 Å². The van der Waals surface area contributed by atoms with Gasteiger partial charge in [-0.25, -0.2) is 4.79 Å². The molecule has 0 saturated heterocycles. The summed E-state index contributed by atoms with van der Waals surface area (Å²) >= 11 is 0. The zero-order valence-electron chi connectivity index (χ0n) is 13.4. The highest BCUT2D eigenvalue weighted by atomic mass is 16.2. The first-order chi connectivity index (χ1) is 10.7. The van der Waals surface area contributed by atoms with Crippen LogP contribution in [0.15, 0.2) is 24.3 Å².